The van der Waals surface area contributed by atoms with Gasteiger partial charge in [0.1, 0.15) is 0 Å². The van der Waals surface area contributed by atoms with E-state index in [9.17, 15) is 8.78 Å². The second-order valence-corrected chi connectivity index (χ2v) is 4.02. The zero-order valence-corrected chi connectivity index (χ0v) is 8.21. The van der Waals surface area contributed by atoms with E-state index in [-0.39, 0.29) is 18.9 Å². The first-order valence-corrected chi connectivity index (χ1v) is 4.96. The van der Waals surface area contributed by atoms with E-state index in [1.807, 2.05) is 13.0 Å². The molecule has 0 saturated heterocycles. The van der Waals surface area contributed by atoms with Crippen LogP contribution < -0.4 is 0 Å². The van der Waals surface area contributed by atoms with Crippen LogP contribution in [-0.2, 0) is 0 Å². The summed E-state index contributed by atoms with van der Waals surface area (Å²) in [6.45, 7) is 1.90. The summed E-state index contributed by atoms with van der Waals surface area (Å²) in [6, 6.07) is 1.74. The van der Waals surface area contributed by atoms with Crippen molar-refractivity contribution in [1.82, 2.24) is 9.78 Å². The van der Waals surface area contributed by atoms with Gasteiger partial charge in [0.05, 0.1) is 6.04 Å². The van der Waals surface area contributed by atoms with Crippen LogP contribution in [0.3, 0.4) is 0 Å². The number of nitrogens with zero attached hydrogens (tertiary/aromatic N) is 2. The van der Waals surface area contributed by atoms with Crippen molar-refractivity contribution >= 4 is 0 Å². The fourth-order valence-corrected chi connectivity index (χ4v) is 2.12. The van der Waals surface area contributed by atoms with E-state index in [0.717, 1.165) is 12.1 Å². The second-order valence-electron chi connectivity index (χ2n) is 4.02. The molecule has 0 radical (unpaired) electrons. The van der Waals surface area contributed by atoms with Crippen molar-refractivity contribution in [3.63, 3.8) is 0 Å². The molecular formula is C10H14F2N2. The van der Waals surface area contributed by atoms with Gasteiger partial charge in [-0.05, 0) is 25.8 Å². The van der Waals surface area contributed by atoms with Gasteiger partial charge in [-0.15, -0.1) is 0 Å². The van der Waals surface area contributed by atoms with Gasteiger partial charge in [0, 0.05) is 24.7 Å². The van der Waals surface area contributed by atoms with Crippen molar-refractivity contribution in [3.8, 4) is 0 Å². The highest BCUT2D eigenvalue weighted by molar-refractivity contribution is 4.99. The molecule has 2 rings (SSSR count). The van der Waals surface area contributed by atoms with Crippen molar-refractivity contribution in [2.24, 2.45) is 0 Å². The van der Waals surface area contributed by atoms with Crippen LogP contribution in [0.1, 0.15) is 37.4 Å². The van der Waals surface area contributed by atoms with Crippen molar-refractivity contribution < 1.29 is 8.78 Å². The zero-order valence-electron chi connectivity index (χ0n) is 8.21. The summed E-state index contributed by atoms with van der Waals surface area (Å²) in [5.41, 5.74) is 0.965. The largest absolute Gasteiger partial charge is 0.267 e. The molecule has 1 aromatic heterocycles. The standard InChI is InChI=1S/C10H14F2N2/c1-8-4-6-13-14(8)9-3-2-5-10(11,12)7-9/h4,6,9H,2-3,5,7H2,1H3. The predicted octanol–water partition coefficient (Wildman–Crippen LogP) is 2.94. The maximum Gasteiger partial charge on any atom is 0.250 e. The average Bonchev–Trinajstić information content (AvgIpc) is 2.49. The summed E-state index contributed by atoms with van der Waals surface area (Å²) < 4.78 is 28.0. The first-order chi connectivity index (χ1) is 6.58. The molecule has 0 spiro atoms. The van der Waals surface area contributed by atoms with Crippen LogP contribution in [0, 0.1) is 6.92 Å². The molecule has 2 nitrogen and oxygen atoms in total. The van der Waals surface area contributed by atoms with Gasteiger partial charge in [0.25, 0.3) is 0 Å². The van der Waals surface area contributed by atoms with Gasteiger partial charge in [0.15, 0.2) is 0 Å². The molecule has 0 N–H and O–H groups in total. The highest BCUT2D eigenvalue weighted by atomic mass is 19.3. The lowest BCUT2D eigenvalue weighted by Crippen LogP contribution is -2.28. The third-order valence-electron chi connectivity index (χ3n) is 2.83. The van der Waals surface area contributed by atoms with E-state index in [1.54, 1.807) is 10.9 Å². The Labute approximate surface area is 81.9 Å². The number of hydrogen-bond donors (Lipinski definition) is 0. The Morgan fingerprint density at radius 2 is 2.36 bits per heavy atom. The van der Waals surface area contributed by atoms with Crippen LogP contribution in [-0.4, -0.2) is 15.7 Å². The summed E-state index contributed by atoms with van der Waals surface area (Å²) in [5.74, 6) is -2.50. The van der Waals surface area contributed by atoms with Crippen LogP contribution in [0.2, 0.25) is 0 Å². The molecule has 1 atom stereocenters. The monoisotopic (exact) mass is 200 g/mol. The Hall–Kier alpha value is -0.930. The van der Waals surface area contributed by atoms with Crippen molar-refractivity contribution in [3.05, 3.63) is 18.0 Å². The van der Waals surface area contributed by atoms with E-state index in [2.05, 4.69) is 5.10 Å². The average molecular weight is 200 g/mol. The Morgan fingerprint density at radius 1 is 1.57 bits per heavy atom. The van der Waals surface area contributed by atoms with Gasteiger partial charge in [-0.25, -0.2) is 8.78 Å². The van der Waals surface area contributed by atoms with E-state index >= 15 is 0 Å². The SMILES string of the molecule is Cc1ccnn1C1CCCC(F)(F)C1. The minimum absolute atomic E-state index is 0.0316. The van der Waals surface area contributed by atoms with E-state index in [4.69, 9.17) is 0 Å². The van der Waals surface area contributed by atoms with Gasteiger partial charge in [-0.3, -0.25) is 4.68 Å². The molecule has 1 aliphatic carbocycles. The van der Waals surface area contributed by atoms with Gasteiger partial charge in [-0.1, -0.05) is 0 Å². The lowest BCUT2D eigenvalue weighted by atomic mass is 9.92. The summed E-state index contributed by atoms with van der Waals surface area (Å²) >= 11 is 0. The molecular weight excluding hydrogens is 186 g/mol. The highest BCUT2D eigenvalue weighted by Crippen LogP contribution is 2.39. The minimum Gasteiger partial charge on any atom is -0.267 e. The normalized spacial score (nSPS) is 26.4. The first-order valence-electron chi connectivity index (χ1n) is 4.96. The number of aryl methyl sites for hydroxylation is 1. The van der Waals surface area contributed by atoms with E-state index in [1.165, 1.54) is 0 Å². The van der Waals surface area contributed by atoms with Crippen LogP contribution in [0.4, 0.5) is 8.78 Å². The summed E-state index contributed by atoms with van der Waals surface area (Å²) in [7, 11) is 0. The highest BCUT2D eigenvalue weighted by Gasteiger charge is 2.37. The van der Waals surface area contributed by atoms with E-state index < -0.39 is 5.92 Å². The third kappa shape index (κ3) is 1.79. The summed E-state index contributed by atoms with van der Waals surface area (Å²) in [6.07, 6.45) is 3.05. The first kappa shape index (κ1) is 9.62. The predicted molar refractivity (Wildman–Crippen MR) is 49.4 cm³/mol. The van der Waals surface area contributed by atoms with Gasteiger partial charge in [0.2, 0.25) is 5.92 Å². The van der Waals surface area contributed by atoms with Crippen LogP contribution in [0.15, 0.2) is 12.3 Å². The Balaban J connectivity index is 2.16. The van der Waals surface area contributed by atoms with Crippen LogP contribution in [0.25, 0.3) is 0 Å². The van der Waals surface area contributed by atoms with Crippen LogP contribution in [0.5, 0.6) is 0 Å². The Kier molecular flexibility index (Phi) is 2.29. The quantitative estimate of drug-likeness (QED) is 0.681. The van der Waals surface area contributed by atoms with Gasteiger partial charge < -0.3 is 0 Å². The molecule has 0 amide bonds. The summed E-state index contributed by atoms with van der Waals surface area (Å²) in [5, 5.41) is 4.09. The maximum absolute atomic E-state index is 13.1. The molecule has 0 bridgehead atoms. The number of aromatic nitrogens is 2. The van der Waals surface area contributed by atoms with Crippen molar-refractivity contribution in [2.75, 3.05) is 0 Å². The Bertz CT molecular complexity index is 320. The summed E-state index contributed by atoms with van der Waals surface area (Å²) in [4.78, 5) is 0. The maximum atomic E-state index is 13.1. The molecule has 1 aliphatic rings. The smallest absolute Gasteiger partial charge is 0.250 e. The van der Waals surface area contributed by atoms with E-state index in [0.29, 0.717) is 6.42 Å². The molecule has 4 heteroatoms. The number of halogens is 2. The minimum atomic E-state index is -2.50. The third-order valence-corrected chi connectivity index (χ3v) is 2.83. The second kappa shape index (κ2) is 3.33. The van der Waals surface area contributed by atoms with Gasteiger partial charge in [-0.2, -0.15) is 5.10 Å². The molecule has 1 fully saturated rings. The molecule has 1 heterocycles. The lowest BCUT2D eigenvalue weighted by molar-refractivity contribution is -0.0514. The topological polar surface area (TPSA) is 17.8 Å². The fourth-order valence-electron chi connectivity index (χ4n) is 2.12. The molecule has 0 aromatic carbocycles. The van der Waals surface area contributed by atoms with Crippen LogP contribution >= 0.6 is 0 Å². The van der Waals surface area contributed by atoms with Gasteiger partial charge >= 0.3 is 0 Å². The molecule has 1 saturated carbocycles. The van der Waals surface area contributed by atoms with Crippen molar-refractivity contribution in [1.29, 1.82) is 0 Å². The number of hydrogen-bond acceptors (Lipinski definition) is 1. The molecule has 0 aliphatic heterocycles. The van der Waals surface area contributed by atoms with Crippen molar-refractivity contribution in [2.45, 2.75) is 44.6 Å². The number of rotatable bonds is 1. The molecule has 1 aromatic rings. The molecule has 14 heavy (non-hydrogen) atoms. The number of alkyl halides is 2. The zero-order chi connectivity index (χ0) is 10.2. The lowest BCUT2D eigenvalue weighted by Gasteiger charge is -2.29. The Morgan fingerprint density at radius 3 is 2.93 bits per heavy atom. The fraction of sp³-hybridized carbons (Fsp3) is 0.700. The molecule has 1 unspecified atom stereocenters. The molecule has 78 valence electrons.